The van der Waals surface area contributed by atoms with Gasteiger partial charge in [-0.05, 0) is 35.4 Å². The highest BCUT2D eigenvalue weighted by molar-refractivity contribution is 6.31. The largest absolute Gasteiger partial charge is 0.497 e. The third-order valence-corrected chi connectivity index (χ3v) is 7.70. The first-order valence-electron chi connectivity index (χ1n) is 12.0. The Morgan fingerprint density at radius 1 is 0.763 bits per heavy atom. The molecule has 9 heteroatoms. The number of nitrogens with zero attached hydrogens (tertiary/aromatic N) is 2. The Labute approximate surface area is 217 Å². The van der Waals surface area contributed by atoms with Crippen molar-refractivity contribution in [1.29, 1.82) is 0 Å². The zero-order valence-corrected chi connectivity index (χ0v) is 20.8. The van der Waals surface area contributed by atoms with E-state index in [1.807, 2.05) is 0 Å². The summed E-state index contributed by atoms with van der Waals surface area (Å²) in [5.74, 6) is -4.41. The van der Waals surface area contributed by atoms with Crippen LogP contribution >= 0.6 is 0 Å². The smallest absolute Gasteiger partial charge is 0.316 e. The second-order valence-electron chi connectivity index (χ2n) is 9.47. The van der Waals surface area contributed by atoms with Gasteiger partial charge in [0.05, 0.1) is 18.5 Å². The van der Waals surface area contributed by atoms with Crippen LogP contribution in [0.2, 0.25) is 0 Å². The molecule has 0 aromatic heterocycles. The van der Waals surface area contributed by atoms with Gasteiger partial charge in [-0.1, -0.05) is 48.5 Å². The Morgan fingerprint density at radius 2 is 1.29 bits per heavy atom. The molecule has 38 heavy (non-hydrogen) atoms. The number of ether oxygens (including phenoxy) is 2. The van der Waals surface area contributed by atoms with Gasteiger partial charge in [0.15, 0.2) is 0 Å². The number of anilines is 2. The van der Waals surface area contributed by atoms with Crippen molar-refractivity contribution in [2.24, 2.45) is 0 Å². The van der Waals surface area contributed by atoms with Crippen LogP contribution in [0.1, 0.15) is 36.5 Å². The van der Waals surface area contributed by atoms with Gasteiger partial charge in [-0.15, -0.1) is 0 Å². The summed E-state index contributed by atoms with van der Waals surface area (Å²) in [5.41, 5.74) is -2.87. The third-order valence-electron chi connectivity index (χ3n) is 7.70. The molecule has 4 amide bonds. The van der Waals surface area contributed by atoms with Gasteiger partial charge in [0.1, 0.15) is 17.1 Å². The number of esters is 1. The van der Waals surface area contributed by atoms with Crippen molar-refractivity contribution in [1.82, 2.24) is 0 Å². The average Bonchev–Trinajstić information content (AvgIpc) is 3.44. The number of imide groups is 2. The maximum absolute atomic E-state index is 14.7. The van der Waals surface area contributed by atoms with Crippen LogP contribution < -0.4 is 14.5 Å². The van der Waals surface area contributed by atoms with Crippen molar-refractivity contribution in [3.05, 3.63) is 89.5 Å². The molecular weight excluding hydrogens is 488 g/mol. The van der Waals surface area contributed by atoms with E-state index in [4.69, 9.17) is 9.47 Å². The van der Waals surface area contributed by atoms with Gasteiger partial charge < -0.3 is 9.47 Å². The lowest BCUT2D eigenvalue weighted by Gasteiger charge is -2.38. The van der Waals surface area contributed by atoms with Gasteiger partial charge in [0, 0.05) is 19.4 Å². The number of hydrogen-bond donors (Lipinski definition) is 0. The lowest BCUT2D eigenvalue weighted by Crippen LogP contribution is -2.60. The number of carbonyl (C=O) groups is 5. The normalized spacial score (nSPS) is 25.1. The first-order valence-corrected chi connectivity index (χ1v) is 12.0. The van der Waals surface area contributed by atoms with Crippen molar-refractivity contribution < 1.29 is 33.4 Å². The molecule has 6 rings (SSSR count). The van der Waals surface area contributed by atoms with Gasteiger partial charge in [-0.3, -0.25) is 24.0 Å². The van der Waals surface area contributed by atoms with Crippen LogP contribution in [0.4, 0.5) is 11.4 Å². The molecule has 1 fully saturated rings. The molecule has 3 aromatic rings. The zero-order valence-electron chi connectivity index (χ0n) is 20.8. The van der Waals surface area contributed by atoms with E-state index in [1.165, 1.54) is 21.0 Å². The standard InChI is InChI=1S/C29H22N2O7/c1-16(32)30-22-10-6-4-8-20(22)28(26(30)35)24(18-12-14-19(37-3)15-13-18)25(34)38-29(28)21-9-5-7-11-23(21)31(17(2)33)27(29)36/h4-15,24H,1-3H3/t24-,28+,29+/m1/s1. The molecule has 190 valence electrons. The Bertz CT molecular complexity index is 1580. The molecule has 0 saturated carbocycles. The minimum absolute atomic E-state index is 0.207. The summed E-state index contributed by atoms with van der Waals surface area (Å²) in [6, 6.07) is 19.6. The molecule has 3 heterocycles. The maximum Gasteiger partial charge on any atom is 0.316 e. The molecule has 0 aliphatic carbocycles. The highest BCUT2D eigenvalue weighted by Gasteiger charge is 2.82. The van der Waals surface area contributed by atoms with Crippen molar-refractivity contribution in [3.63, 3.8) is 0 Å². The fourth-order valence-corrected chi connectivity index (χ4v) is 6.33. The minimum atomic E-state index is -2.23. The molecule has 1 saturated heterocycles. The number of amides is 4. The monoisotopic (exact) mass is 510 g/mol. The topological polar surface area (TPSA) is 110 Å². The van der Waals surface area contributed by atoms with Crippen molar-refractivity contribution in [2.45, 2.75) is 30.8 Å². The fraction of sp³-hybridized carbons (Fsp3) is 0.207. The summed E-state index contributed by atoms with van der Waals surface area (Å²) >= 11 is 0. The number of fused-ring (bicyclic) bond motifs is 5. The molecule has 3 aliphatic heterocycles. The van der Waals surface area contributed by atoms with Crippen LogP contribution in [0.3, 0.4) is 0 Å². The van der Waals surface area contributed by atoms with Crippen molar-refractivity contribution >= 4 is 41.0 Å². The summed E-state index contributed by atoms with van der Waals surface area (Å²) in [6.45, 7) is 2.47. The average molecular weight is 511 g/mol. The Balaban J connectivity index is 1.76. The molecular formula is C29H22N2O7. The number of hydrogen-bond acceptors (Lipinski definition) is 7. The predicted octanol–water partition coefficient (Wildman–Crippen LogP) is 2.96. The summed E-state index contributed by atoms with van der Waals surface area (Å²) in [6.07, 6.45) is 0. The van der Waals surface area contributed by atoms with Gasteiger partial charge in [-0.25, -0.2) is 9.80 Å². The quantitative estimate of drug-likeness (QED) is 0.488. The molecule has 0 bridgehead atoms. The van der Waals surface area contributed by atoms with E-state index in [0.717, 1.165) is 9.80 Å². The number of rotatable bonds is 2. The van der Waals surface area contributed by atoms with Crippen molar-refractivity contribution in [2.75, 3.05) is 16.9 Å². The molecule has 9 nitrogen and oxygen atoms in total. The molecule has 0 radical (unpaired) electrons. The zero-order chi connectivity index (χ0) is 27.0. The number of methoxy groups -OCH3 is 1. The third kappa shape index (κ3) is 2.57. The molecule has 3 atom stereocenters. The van der Waals surface area contributed by atoms with E-state index in [1.54, 1.807) is 72.8 Å². The molecule has 2 spiro atoms. The summed E-state index contributed by atoms with van der Waals surface area (Å²) in [7, 11) is 1.50. The first-order chi connectivity index (χ1) is 18.2. The predicted molar refractivity (Wildman–Crippen MR) is 134 cm³/mol. The van der Waals surface area contributed by atoms with Gasteiger partial charge in [0.2, 0.25) is 17.4 Å². The number of para-hydroxylation sites is 2. The fourth-order valence-electron chi connectivity index (χ4n) is 6.33. The summed E-state index contributed by atoms with van der Waals surface area (Å²) < 4.78 is 11.3. The van der Waals surface area contributed by atoms with Gasteiger partial charge in [0.25, 0.3) is 11.8 Å². The summed E-state index contributed by atoms with van der Waals surface area (Å²) in [4.78, 5) is 70.6. The van der Waals surface area contributed by atoms with E-state index in [-0.39, 0.29) is 16.9 Å². The molecule has 3 aromatic carbocycles. The molecule has 3 aliphatic rings. The summed E-state index contributed by atoms with van der Waals surface area (Å²) in [5, 5.41) is 0. The highest BCUT2D eigenvalue weighted by Crippen LogP contribution is 2.67. The Morgan fingerprint density at radius 3 is 1.87 bits per heavy atom. The lowest BCUT2D eigenvalue weighted by atomic mass is 9.59. The van der Waals surface area contributed by atoms with E-state index in [9.17, 15) is 24.0 Å². The lowest BCUT2D eigenvalue weighted by molar-refractivity contribution is -0.162. The minimum Gasteiger partial charge on any atom is -0.497 e. The number of carbonyl (C=O) groups excluding carboxylic acids is 5. The maximum atomic E-state index is 14.7. The van der Waals surface area contributed by atoms with Crippen molar-refractivity contribution in [3.8, 4) is 5.75 Å². The van der Waals surface area contributed by atoms with Gasteiger partial charge in [-0.2, -0.15) is 0 Å². The first kappa shape index (κ1) is 23.6. The van der Waals surface area contributed by atoms with E-state index in [2.05, 4.69) is 0 Å². The Kier molecular flexibility index (Phi) is 4.88. The second-order valence-corrected chi connectivity index (χ2v) is 9.47. The number of benzene rings is 3. The van der Waals surface area contributed by atoms with Crippen LogP contribution in [0.5, 0.6) is 5.75 Å². The van der Waals surface area contributed by atoms with Gasteiger partial charge >= 0.3 is 5.97 Å². The van der Waals surface area contributed by atoms with E-state index in [0.29, 0.717) is 16.9 Å². The van der Waals surface area contributed by atoms with Crippen LogP contribution in [0.15, 0.2) is 72.8 Å². The van der Waals surface area contributed by atoms with Crippen LogP contribution in [0, 0.1) is 0 Å². The second kappa shape index (κ2) is 7.85. The van der Waals surface area contributed by atoms with E-state index >= 15 is 0 Å². The van der Waals surface area contributed by atoms with Crippen LogP contribution in [-0.2, 0) is 39.7 Å². The SMILES string of the molecule is COc1ccc([C@@H]2C(=O)O[C@@]3(C(=O)N(C(C)=O)c4ccccc43)[C@]23C(=O)N(C(C)=O)c2ccccc23)cc1. The Hall–Kier alpha value is -4.79. The van der Waals surface area contributed by atoms with Crippen LogP contribution in [0.25, 0.3) is 0 Å². The van der Waals surface area contributed by atoms with Crippen LogP contribution in [-0.4, -0.2) is 36.7 Å². The molecule has 0 unspecified atom stereocenters. The molecule has 0 N–H and O–H groups in total. The van der Waals surface area contributed by atoms with E-state index < -0.39 is 46.5 Å². The highest BCUT2D eigenvalue weighted by atomic mass is 16.6.